The molecule has 1 unspecified atom stereocenters. The predicted molar refractivity (Wildman–Crippen MR) is 136 cm³/mol. The second-order valence-corrected chi connectivity index (χ2v) is 9.36. The molecule has 5 aromatic rings. The second-order valence-electron chi connectivity index (χ2n) is 7.43. The van der Waals surface area contributed by atoms with Crippen LogP contribution in [0.15, 0.2) is 108 Å². The van der Waals surface area contributed by atoms with Crippen LogP contribution in [-0.2, 0) is 4.79 Å². The van der Waals surface area contributed by atoms with Crippen LogP contribution in [0.1, 0.15) is 16.5 Å². The largest absolute Gasteiger partial charge is 0.344 e. The van der Waals surface area contributed by atoms with Gasteiger partial charge in [0.15, 0.2) is 11.0 Å². The third kappa shape index (κ3) is 4.93. The predicted octanol–water partition coefficient (Wildman–Crippen LogP) is 5.39. The van der Waals surface area contributed by atoms with Crippen molar-refractivity contribution >= 4 is 29.0 Å². The highest BCUT2D eigenvalue weighted by atomic mass is 32.2. The lowest BCUT2D eigenvalue weighted by atomic mass is 10.1. The summed E-state index contributed by atoms with van der Waals surface area (Å²) in [6, 6.07) is 27.6. The Morgan fingerprint density at radius 2 is 1.74 bits per heavy atom. The number of rotatable bonds is 8. The number of pyridine rings is 1. The molecule has 2 aromatic carbocycles. The van der Waals surface area contributed by atoms with E-state index >= 15 is 0 Å². The lowest BCUT2D eigenvalue weighted by Crippen LogP contribution is -2.30. The van der Waals surface area contributed by atoms with Crippen molar-refractivity contribution in [2.75, 3.05) is 5.75 Å². The SMILES string of the molecule is O=C(CSc1nnc(-c2cccnc2)n1-c1ccccc1)NC(c1ccccc1)c1cccs1. The average Bonchev–Trinajstić information content (AvgIpc) is 3.58. The van der Waals surface area contributed by atoms with E-state index in [1.54, 1.807) is 23.7 Å². The van der Waals surface area contributed by atoms with Crippen molar-refractivity contribution < 1.29 is 4.79 Å². The first kappa shape index (κ1) is 22.1. The maximum Gasteiger partial charge on any atom is 0.231 e. The Morgan fingerprint density at radius 3 is 2.44 bits per heavy atom. The summed E-state index contributed by atoms with van der Waals surface area (Å²) < 4.78 is 1.96. The Bertz CT molecular complexity index is 1340. The molecule has 8 heteroatoms. The third-order valence-electron chi connectivity index (χ3n) is 5.17. The van der Waals surface area contributed by atoms with E-state index in [2.05, 4.69) is 20.5 Å². The minimum atomic E-state index is -0.188. The fourth-order valence-corrected chi connectivity index (χ4v) is 5.17. The number of thiophene rings is 1. The number of benzene rings is 2. The number of carbonyl (C=O) groups excluding carboxylic acids is 1. The Hall–Kier alpha value is -3.75. The van der Waals surface area contributed by atoms with Gasteiger partial charge in [-0.2, -0.15) is 0 Å². The summed E-state index contributed by atoms with van der Waals surface area (Å²) in [5, 5.41) is 14.7. The average molecular weight is 484 g/mol. The molecule has 0 saturated heterocycles. The molecule has 0 aliphatic carbocycles. The number of thioether (sulfide) groups is 1. The monoisotopic (exact) mass is 483 g/mol. The number of hydrogen-bond donors (Lipinski definition) is 1. The number of nitrogens with zero attached hydrogens (tertiary/aromatic N) is 4. The number of nitrogens with one attached hydrogen (secondary N) is 1. The number of amides is 1. The quantitative estimate of drug-likeness (QED) is 0.300. The Balaban J connectivity index is 1.38. The first-order valence-electron chi connectivity index (χ1n) is 10.7. The van der Waals surface area contributed by atoms with Gasteiger partial charge in [-0.25, -0.2) is 0 Å². The zero-order chi connectivity index (χ0) is 23.2. The number of para-hydroxylation sites is 1. The first-order valence-corrected chi connectivity index (χ1v) is 12.6. The van der Waals surface area contributed by atoms with Crippen LogP contribution in [0, 0.1) is 0 Å². The van der Waals surface area contributed by atoms with E-state index in [9.17, 15) is 4.79 Å². The van der Waals surface area contributed by atoms with Crippen molar-refractivity contribution in [3.63, 3.8) is 0 Å². The molecule has 1 amide bonds. The van der Waals surface area contributed by atoms with E-state index in [1.807, 2.05) is 94.9 Å². The molecule has 0 saturated carbocycles. The van der Waals surface area contributed by atoms with Gasteiger partial charge in [0, 0.05) is 28.5 Å². The van der Waals surface area contributed by atoms with Crippen LogP contribution in [0.5, 0.6) is 0 Å². The van der Waals surface area contributed by atoms with Crippen LogP contribution in [0.4, 0.5) is 0 Å². The maximum atomic E-state index is 13.0. The summed E-state index contributed by atoms with van der Waals surface area (Å²) in [6.45, 7) is 0. The maximum absolute atomic E-state index is 13.0. The van der Waals surface area contributed by atoms with Gasteiger partial charge in [-0.1, -0.05) is 66.4 Å². The Morgan fingerprint density at radius 1 is 0.941 bits per heavy atom. The molecule has 3 heterocycles. The Kier molecular flexibility index (Phi) is 6.78. The van der Waals surface area contributed by atoms with Crippen molar-refractivity contribution in [1.82, 2.24) is 25.1 Å². The molecule has 1 N–H and O–H groups in total. The molecule has 34 heavy (non-hydrogen) atoms. The van der Waals surface area contributed by atoms with Gasteiger partial charge in [0.25, 0.3) is 0 Å². The fourth-order valence-electron chi connectivity index (χ4n) is 3.61. The van der Waals surface area contributed by atoms with Gasteiger partial charge in [0.05, 0.1) is 11.8 Å². The highest BCUT2D eigenvalue weighted by Gasteiger charge is 2.20. The molecular formula is C26H21N5OS2. The molecule has 5 rings (SSSR count). The van der Waals surface area contributed by atoms with Crippen molar-refractivity contribution in [1.29, 1.82) is 0 Å². The smallest absolute Gasteiger partial charge is 0.231 e. The molecular weight excluding hydrogens is 462 g/mol. The Labute approximate surface area is 205 Å². The van der Waals surface area contributed by atoms with Crippen LogP contribution >= 0.6 is 23.1 Å². The van der Waals surface area contributed by atoms with E-state index in [4.69, 9.17) is 0 Å². The molecule has 168 valence electrons. The number of hydrogen-bond acceptors (Lipinski definition) is 6. The van der Waals surface area contributed by atoms with E-state index in [1.165, 1.54) is 11.8 Å². The van der Waals surface area contributed by atoms with Crippen LogP contribution in [0.25, 0.3) is 17.1 Å². The lowest BCUT2D eigenvalue weighted by molar-refractivity contribution is -0.119. The number of aromatic nitrogens is 4. The molecule has 0 aliphatic rings. The van der Waals surface area contributed by atoms with E-state index in [0.717, 1.165) is 21.7 Å². The summed E-state index contributed by atoms with van der Waals surface area (Å²) in [5.41, 5.74) is 2.83. The molecule has 0 fully saturated rings. The standard InChI is InChI=1S/C26H21N5OS2/c32-23(28-24(22-14-8-16-33-22)19-9-3-1-4-10-19)18-34-26-30-29-25(20-11-7-15-27-17-20)31(26)21-12-5-2-6-13-21/h1-17,24H,18H2,(H,28,32). The van der Waals surface area contributed by atoms with Gasteiger partial charge in [-0.3, -0.25) is 14.3 Å². The van der Waals surface area contributed by atoms with Crippen molar-refractivity contribution in [3.05, 3.63) is 113 Å². The lowest BCUT2D eigenvalue weighted by Gasteiger charge is -2.18. The molecule has 1 atom stereocenters. The summed E-state index contributed by atoms with van der Waals surface area (Å²) in [4.78, 5) is 18.3. The zero-order valence-electron chi connectivity index (χ0n) is 18.1. The van der Waals surface area contributed by atoms with Gasteiger partial charge in [-0.05, 0) is 41.3 Å². The van der Waals surface area contributed by atoms with Crippen LogP contribution < -0.4 is 5.32 Å². The van der Waals surface area contributed by atoms with Crippen LogP contribution in [-0.4, -0.2) is 31.4 Å². The van der Waals surface area contributed by atoms with Crippen molar-refractivity contribution in [2.24, 2.45) is 0 Å². The first-order chi connectivity index (χ1) is 16.8. The summed E-state index contributed by atoms with van der Waals surface area (Å²) >= 11 is 2.99. The summed E-state index contributed by atoms with van der Waals surface area (Å²) in [5.74, 6) is 0.827. The van der Waals surface area contributed by atoms with Gasteiger partial charge in [0.1, 0.15) is 0 Å². The van der Waals surface area contributed by atoms with Gasteiger partial charge in [-0.15, -0.1) is 21.5 Å². The molecule has 3 aromatic heterocycles. The molecule has 0 radical (unpaired) electrons. The molecule has 6 nitrogen and oxygen atoms in total. The van der Waals surface area contributed by atoms with Gasteiger partial charge in [0.2, 0.25) is 5.91 Å². The van der Waals surface area contributed by atoms with Gasteiger partial charge >= 0.3 is 0 Å². The summed E-state index contributed by atoms with van der Waals surface area (Å²) in [7, 11) is 0. The molecule has 0 bridgehead atoms. The van der Waals surface area contributed by atoms with Crippen LogP contribution in [0.2, 0.25) is 0 Å². The zero-order valence-corrected chi connectivity index (χ0v) is 19.7. The fraction of sp³-hybridized carbons (Fsp3) is 0.0769. The third-order valence-corrected chi connectivity index (χ3v) is 7.03. The minimum absolute atomic E-state index is 0.0715. The topological polar surface area (TPSA) is 72.7 Å². The molecule has 0 spiro atoms. The second kappa shape index (κ2) is 10.5. The van der Waals surface area contributed by atoms with Crippen molar-refractivity contribution in [3.8, 4) is 17.1 Å². The highest BCUT2D eigenvalue weighted by molar-refractivity contribution is 7.99. The van der Waals surface area contributed by atoms with E-state index in [-0.39, 0.29) is 17.7 Å². The van der Waals surface area contributed by atoms with E-state index in [0.29, 0.717) is 11.0 Å². The van der Waals surface area contributed by atoms with Crippen LogP contribution in [0.3, 0.4) is 0 Å². The van der Waals surface area contributed by atoms with Crippen molar-refractivity contribution in [2.45, 2.75) is 11.2 Å². The normalized spacial score (nSPS) is 11.8. The van der Waals surface area contributed by atoms with E-state index < -0.39 is 0 Å². The highest BCUT2D eigenvalue weighted by Crippen LogP contribution is 2.29. The molecule has 0 aliphatic heterocycles. The summed E-state index contributed by atoms with van der Waals surface area (Å²) in [6.07, 6.45) is 3.49. The minimum Gasteiger partial charge on any atom is -0.344 e. The number of carbonyl (C=O) groups is 1. The van der Waals surface area contributed by atoms with Gasteiger partial charge < -0.3 is 5.32 Å².